The molecule has 0 aliphatic carbocycles. The molecule has 1 fully saturated rings. The zero-order valence-corrected chi connectivity index (χ0v) is 14.4. The van der Waals surface area contributed by atoms with Crippen molar-refractivity contribution in [1.82, 2.24) is 14.7 Å². The van der Waals surface area contributed by atoms with Crippen LogP contribution in [0.1, 0.15) is 26.2 Å². The van der Waals surface area contributed by atoms with Crippen LogP contribution in [0, 0.1) is 0 Å². The Bertz CT molecular complexity index is 356. The largest absolute Gasteiger partial charge is 0.480 e. The molecule has 2 N–H and O–H groups in total. The van der Waals surface area contributed by atoms with Crippen molar-refractivity contribution in [1.29, 1.82) is 0 Å². The molecule has 1 saturated heterocycles. The molecule has 0 aromatic carbocycles. The van der Waals surface area contributed by atoms with E-state index in [0.717, 1.165) is 32.4 Å². The molecule has 0 bridgehead atoms. The fraction of sp³-hybridized carbons (Fsp3) is 0.812. The monoisotopic (exact) mass is 343 g/mol. The topological polar surface area (TPSA) is 101 Å². The number of ketones is 1. The van der Waals surface area contributed by atoms with Gasteiger partial charge in [0.15, 0.2) is 0 Å². The number of nitrogens with zero attached hydrogens (tertiary/aromatic N) is 3. The SMILES string of the molecule is CC(=O)CN1CCCN(CC(=O)O)CCCN(CC(=O)O)CCC1. The van der Waals surface area contributed by atoms with Crippen LogP contribution in [0.25, 0.3) is 0 Å². The van der Waals surface area contributed by atoms with Gasteiger partial charge in [0.25, 0.3) is 0 Å². The third kappa shape index (κ3) is 9.59. The van der Waals surface area contributed by atoms with E-state index >= 15 is 0 Å². The highest BCUT2D eigenvalue weighted by molar-refractivity contribution is 5.77. The van der Waals surface area contributed by atoms with Crippen LogP contribution in [0.4, 0.5) is 0 Å². The quantitative estimate of drug-likeness (QED) is 0.686. The molecule has 0 spiro atoms. The number of carboxylic acid groups (broad SMARTS) is 2. The van der Waals surface area contributed by atoms with E-state index in [2.05, 4.69) is 4.90 Å². The number of rotatable bonds is 6. The Balaban J connectivity index is 2.67. The van der Waals surface area contributed by atoms with E-state index < -0.39 is 11.9 Å². The van der Waals surface area contributed by atoms with Crippen molar-refractivity contribution in [3.05, 3.63) is 0 Å². The third-order valence-corrected chi connectivity index (χ3v) is 4.01. The molecule has 138 valence electrons. The first-order valence-corrected chi connectivity index (χ1v) is 8.47. The smallest absolute Gasteiger partial charge is 0.317 e. The van der Waals surface area contributed by atoms with Gasteiger partial charge in [-0.25, -0.2) is 0 Å². The van der Waals surface area contributed by atoms with Crippen LogP contribution < -0.4 is 0 Å². The summed E-state index contributed by atoms with van der Waals surface area (Å²) in [5.41, 5.74) is 0. The molecule has 0 amide bonds. The summed E-state index contributed by atoms with van der Waals surface area (Å²) in [6.07, 6.45) is 2.39. The van der Waals surface area contributed by atoms with Crippen molar-refractivity contribution in [2.24, 2.45) is 0 Å². The van der Waals surface area contributed by atoms with Crippen LogP contribution >= 0.6 is 0 Å². The lowest BCUT2D eigenvalue weighted by Gasteiger charge is -2.28. The Morgan fingerprint density at radius 2 is 0.958 bits per heavy atom. The predicted molar refractivity (Wildman–Crippen MR) is 89.1 cm³/mol. The van der Waals surface area contributed by atoms with Crippen LogP contribution in [0.15, 0.2) is 0 Å². The van der Waals surface area contributed by atoms with Crippen LogP contribution in [0.3, 0.4) is 0 Å². The summed E-state index contributed by atoms with van der Waals surface area (Å²) < 4.78 is 0. The Kier molecular flexibility index (Phi) is 9.51. The van der Waals surface area contributed by atoms with E-state index in [1.165, 1.54) is 0 Å². The molecule has 8 heteroatoms. The molecule has 1 aliphatic rings. The number of hydrogen-bond acceptors (Lipinski definition) is 6. The first kappa shape index (κ1) is 20.5. The molecular weight excluding hydrogens is 314 g/mol. The molecule has 0 radical (unpaired) electrons. The fourth-order valence-electron chi connectivity index (χ4n) is 3.06. The van der Waals surface area contributed by atoms with Crippen LogP contribution in [0.5, 0.6) is 0 Å². The van der Waals surface area contributed by atoms with E-state index in [9.17, 15) is 14.4 Å². The van der Waals surface area contributed by atoms with Gasteiger partial charge in [0, 0.05) is 0 Å². The van der Waals surface area contributed by atoms with Gasteiger partial charge in [-0.15, -0.1) is 0 Å². The van der Waals surface area contributed by atoms with Gasteiger partial charge in [-0.3, -0.25) is 29.1 Å². The second kappa shape index (κ2) is 11.1. The first-order chi connectivity index (χ1) is 11.4. The number of carboxylic acids is 2. The Morgan fingerprint density at radius 1 is 0.667 bits per heavy atom. The van der Waals surface area contributed by atoms with Gasteiger partial charge in [0.1, 0.15) is 5.78 Å². The van der Waals surface area contributed by atoms with Gasteiger partial charge in [-0.1, -0.05) is 0 Å². The highest BCUT2D eigenvalue weighted by atomic mass is 16.4. The van der Waals surface area contributed by atoms with Crippen molar-refractivity contribution >= 4 is 17.7 Å². The summed E-state index contributed by atoms with van der Waals surface area (Å²) in [4.78, 5) is 39.2. The van der Waals surface area contributed by atoms with Gasteiger partial charge in [0.2, 0.25) is 0 Å². The van der Waals surface area contributed by atoms with E-state index in [4.69, 9.17) is 10.2 Å². The molecule has 8 nitrogen and oxygen atoms in total. The van der Waals surface area contributed by atoms with Crippen molar-refractivity contribution < 1.29 is 24.6 Å². The van der Waals surface area contributed by atoms with Crippen LogP contribution in [-0.2, 0) is 14.4 Å². The molecule has 1 heterocycles. The lowest BCUT2D eigenvalue weighted by atomic mass is 10.2. The second-order valence-corrected chi connectivity index (χ2v) is 6.38. The molecule has 0 aromatic rings. The summed E-state index contributed by atoms with van der Waals surface area (Å²) in [5.74, 6) is -1.61. The maximum absolute atomic E-state index is 11.4. The average molecular weight is 343 g/mol. The minimum Gasteiger partial charge on any atom is -0.480 e. The predicted octanol–water partition coefficient (Wildman–Crippen LogP) is -0.165. The minimum absolute atomic E-state index is 0.00829. The first-order valence-electron chi connectivity index (χ1n) is 8.47. The third-order valence-electron chi connectivity index (χ3n) is 4.01. The van der Waals surface area contributed by atoms with Crippen LogP contribution in [-0.4, -0.2) is 102 Å². The normalized spacial score (nSPS) is 20.0. The maximum atomic E-state index is 11.4. The molecule has 0 aromatic heterocycles. The molecule has 0 atom stereocenters. The summed E-state index contributed by atoms with van der Waals surface area (Å²) in [5, 5.41) is 18.0. The van der Waals surface area contributed by atoms with Crippen LogP contribution in [0.2, 0.25) is 0 Å². The molecule has 1 rings (SSSR count). The lowest BCUT2D eigenvalue weighted by molar-refractivity contribution is -0.139. The van der Waals surface area contributed by atoms with Crippen molar-refractivity contribution in [3.63, 3.8) is 0 Å². The fourth-order valence-corrected chi connectivity index (χ4v) is 3.06. The minimum atomic E-state index is -0.856. The zero-order chi connectivity index (χ0) is 17.9. The molecule has 0 saturated carbocycles. The summed E-state index contributed by atoms with van der Waals surface area (Å²) in [6, 6.07) is 0. The highest BCUT2D eigenvalue weighted by Gasteiger charge is 2.16. The number of hydrogen-bond donors (Lipinski definition) is 2. The number of Topliss-reactive ketones (excluding diaryl/α,β-unsaturated/α-hetero) is 1. The Labute approximate surface area is 143 Å². The maximum Gasteiger partial charge on any atom is 0.317 e. The molecule has 1 aliphatic heterocycles. The van der Waals surface area contributed by atoms with Gasteiger partial charge in [-0.2, -0.15) is 0 Å². The molecule has 0 unspecified atom stereocenters. The zero-order valence-electron chi connectivity index (χ0n) is 14.4. The Hall–Kier alpha value is -1.51. The summed E-state index contributed by atoms with van der Waals surface area (Å²) >= 11 is 0. The van der Waals surface area contributed by atoms with E-state index in [1.807, 2.05) is 9.80 Å². The summed E-state index contributed by atoms with van der Waals surface area (Å²) in [7, 11) is 0. The van der Waals surface area contributed by atoms with E-state index in [-0.39, 0.29) is 18.9 Å². The van der Waals surface area contributed by atoms with E-state index in [1.54, 1.807) is 6.92 Å². The summed E-state index contributed by atoms with van der Waals surface area (Å²) in [6.45, 7) is 6.02. The van der Waals surface area contributed by atoms with Crippen molar-refractivity contribution in [3.8, 4) is 0 Å². The van der Waals surface area contributed by atoms with E-state index in [0.29, 0.717) is 32.7 Å². The van der Waals surface area contributed by atoms with Gasteiger partial charge in [0.05, 0.1) is 19.6 Å². The second-order valence-electron chi connectivity index (χ2n) is 6.38. The number of aliphatic carboxylic acids is 2. The van der Waals surface area contributed by atoms with Crippen molar-refractivity contribution in [2.75, 3.05) is 58.9 Å². The van der Waals surface area contributed by atoms with Gasteiger partial charge in [-0.05, 0) is 65.5 Å². The number of carbonyl (C=O) groups excluding carboxylic acids is 1. The molecular formula is C16H29N3O5. The lowest BCUT2D eigenvalue weighted by Crippen LogP contribution is -2.40. The molecule has 24 heavy (non-hydrogen) atoms. The van der Waals surface area contributed by atoms with Gasteiger partial charge < -0.3 is 10.2 Å². The average Bonchev–Trinajstić information content (AvgIpc) is 2.43. The van der Waals surface area contributed by atoms with Gasteiger partial charge >= 0.3 is 11.9 Å². The van der Waals surface area contributed by atoms with Crippen molar-refractivity contribution in [2.45, 2.75) is 26.2 Å². The Morgan fingerprint density at radius 3 is 1.21 bits per heavy atom. The highest BCUT2D eigenvalue weighted by Crippen LogP contribution is 2.04. The standard InChI is InChI=1S/C16H29N3O5/c1-14(20)11-17-5-2-7-18(12-15(21)22)9-4-10-19(8-3-6-17)13-16(23)24/h2-13H2,1H3,(H,21,22)(H,23,24). The number of carbonyl (C=O) groups is 3.